The van der Waals surface area contributed by atoms with Crippen LogP contribution in [0.15, 0.2) is 41.9 Å². The van der Waals surface area contributed by atoms with Crippen LogP contribution in [0, 0.1) is 0 Å². The molecule has 4 rings (SSSR count). The number of anilines is 1. The van der Waals surface area contributed by atoms with Crippen LogP contribution in [0.25, 0.3) is 10.6 Å². The number of nitrogens with zero attached hydrogens (tertiary/aromatic N) is 5. The zero-order valence-electron chi connectivity index (χ0n) is 16.8. The van der Waals surface area contributed by atoms with Gasteiger partial charge < -0.3 is 15.4 Å². The van der Waals surface area contributed by atoms with Crippen LogP contribution >= 0.6 is 11.3 Å². The lowest BCUT2D eigenvalue weighted by Crippen LogP contribution is -2.46. The van der Waals surface area contributed by atoms with Crippen LogP contribution in [0.2, 0.25) is 0 Å². The van der Waals surface area contributed by atoms with Gasteiger partial charge in [0.25, 0.3) is 0 Å². The van der Waals surface area contributed by atoms with Gasteiger partial charge in [-0.05, 0) is 19.1 Å². The second-order valence-corrected chi connectivity index (χ2v) is 7.83. The first-order chi connectivity index (χ1) is 14.6. The Morgan fingerprint density at radius 1 is 1.13 bits per heavy atom. The van der Waals surface area contributed by atoms with Gasteiger partial charge in [0, 0.05) is 61.5 Å². The SMILES string of the molecule is CCOc1ccnc(N2CCN(Cc3csc(-c4ccc(C(N)=O)cc4)n3)CC2)n1. The van der Waals surface area contributed by atoms with Gasteiger partial charge in [0.2, 0.25) is 17.7 Å². The highest BCUT2D eigenvalue weighted by Gasteiger charge is 2.20. The molecule has 156 valence electrons. The van der Waals surface area contributed by atoms with E-state index in [4.69, 9.17) is 15.5 Å². The molecule has 3 heterocycles. The molecule has 0 aliphatic carbocycles. The van der Waals surface area contributed by atoms with E-state index in [9.17, 15) is 4.79 Å². The summed E-state index contributed by atoms with van der Waals surface area (Å²) < 4.78 is 5.48. The molecule has 0 bridgehead atoms. The van der Waals surface area contributed by atoms with Gasteiger partial charge in [-0.15, -0.1) is 11.3 Å². The van der Waals surface area contributed by atoms with Crippen LogP contribution in [-0.2, 0) is 6.54 Å². The number of hydrogen-bond acceptors (Lipinski definition) is 8. The number of thiazole rings is 1. The van der Waals surface area contributed by atoms with Crippen molar-refractivity contribution in [1.82, 2.24) is 19.9 Å². The quantitative estimate of drug-likeness (QED) is 0.622. The van der Waals surface area contributed by atoms with E-state index in [1.165, 1.54) is 0 Å². The van der Waals surface area contributed by atoms with E-state index in [2.05, 4.69) is 25.1 Å². The van der Waals surface area contributed by atoms with Gasteiger partial charge in [0.05, 0.1) is 12.3 Å². The Bertz CT molecular complexity index is 999. The van der Waals surface area contributed by atoms with Crippen molar-refractivity contribution in [2.75, 3.05) is 37.7 Å². The third-order valence-corrected chi connectivity index (χ3v) is 5.86. The number of piperazine rings is 1. The first-order valence-corrected chi connectivity index (χ1v) is 10.8. The van der Waals surface area contributed by atoms with Gasteiger partial charge in [0.1, 0.15) is 5.01 Å². The van der Waals surface area contributed by atoms with Crippen molar-refractivity contribution in [1.29, 1.82) is 0 Å². The largest absolute Gasteiger partial charge is 0.478 e. The maximum atomic E-state index is 11.2. The zero-order valence-corrected chi connectivity index (χ0v) is 17.6. The van der Waals surface area contributed by atoms with Crippen LogP contribution < -0.4 is 15.4 Å². The fourth-order valence-electron chi connectivity index (χ4n) is 3.34. The van der Waals surface area contributed by atoms with Crippen molar-refractivity contribution in [3.63, 3.8) is 0 Å². The van der Waals surface area contributed by atoms with Gasteiger partial charge in [-0.25, -0.2) is 9.97 Å². The predicted molar refractivity (Wildman–Crippen MR) is 117 cm³/mol. The molecule has 0 saturated carbocycles. The highest BCUT2D eigenvalue weighted by molar-refractivity contribution is 7.13. The topological polar surface area (TPSA) is 97.5 Å². The summed E-state index contributed by atoms with van der Waals surface area (Å²) in [6.07, 6.45) is 1.74. The normalized spacial score (nSPS) is 14.6. The highest BCUT2D eigenvalue weighted by atomic mass is 32.1. The summed E-state index contributed by atoms with van der Waals surface area (Å²) in [5, 5.41) is 3.04. The molecule has 1 saturated heterocycles. The molecule has 8 nitrogen and oxygen atoms in total. The van der Waals surface area contributed by atoms with E-state index in [-0.39, 0.29) is 0 Å². The maximum absolute atomic E-state index is 11.2. The lowest BCUT2D eigenvalue weighted by Gasteiger charge is -2.34. The molecule has 1 amide bonds. The minimum atomic E-state index is -0.421. The number of amides is 1. The molecule has 30 heavy (non-hydrogen) atoms. The van der Waals surface area contributed by atoms with Crippen molar-refractivity contribution in [3.05, 3.63) is 53.2 Å². The summed E-state index contributed by atoms with van der Waals surface area (Å²) in [5.41, 5.74) is 7.85. The van der Waals surface area contributed by atoms with E-state index in [0.717, 1.165) is 54.9 Å². The smallest absolute Gasteiger partial charge is 0.248 e. The molecule has 1 fully saturated rings. The Hall–Kier alpha value is -3.04. The molecule has 9 heteroatoms. The van der Waals surface area contributed by atoms with Gasteiger partial charge in [-0.2, -0.15) is 4.98 Å². The molecule has 1 aromatic carbocycles. The number of primary amides is 1. The Morgan fingerprint density at radius 2 is 1.90 bits per heavy atom. The van der Waals surface area contributed by atoms with Crippen LogP contribution in [-0.4, -0.2) is 58.5 Å². The van der Waals surface area contributed by atoms with Crippen molar-refractivity contribution in [3.8, 4) is 16.5 Å². The summed E-state index contributed by atoms with van der Waals surface area (Å²) in [6, 6.07) is 9.03. The van der Waals surface area contributed by atoms with E-state index >= 15 is 0 Å². The maximum Gasteiger partial charge on any atom is 0.248 e. The first kappa shape index (κ1) is 20.2. The number of carbonyl (C=O) groups excluding carboxylic acids is 1. The summed E-state index contributed by atoms with van der Waals surface area (Å²) in [7, 11) is 0. The third kappa shape index (κ3) is 4.74. The number of benzene rings is 1. The second-order valence-electron chi connectivity index (χ2n) is 6.98. The van der Waals surface area contributed by atoms with Crippen LogP contribution in [0.1, 0.15) is 23.0 Å². The van der Waals surface area contributed by atoms with Gasteiger partial charge in [-0.1, -0.05) is 12.1 Å². The predicted octanol–water partition coefficient (Wildman–Crippen LogP) is 2.42. The van der Waals surface area contributed by atoms with E-state index < -0.39 is 5.91 Å². The Balaban J connectivity index is 1.33. The fraction of sp³-hybridized carbons (Fsp3) is 0.333. The molecule has 2 N–H and O–H groups in total. The molecule has 1 aliphatic rings. The van der Waals surface area contributed by atoms with E-state index in [1.54, 1.807) is 35.7 Å². The summed E-state index contributed by atoms with van der Waals surface area (Å²) in [5.74, 6) is 0.912. The Morgan fingerprint density at radius 3 is 2.60 bits per heavy atom. The summed E-state index contributed by atoms with van der Waals surface area (Å²) in [4.78, 5) is 29.4. The summed E-state index contributed by atoms with van der Waals surface area (Å²) in [6.45, 7) is 6.91. The lowest BCUT2D eigenvalue weighted by atomic mass is 10.1. The minimum absolute atomic E-state index is 0.421. The minimum Gasteiger partial charge on any atom is -0.478 e. The van der Waals surface area contributed by atoms with Crippen molar-refractivity contribution < 1.29 is 9.53 Å². The lowest BCUT2D eigenvalue weighted by molar-refractivity contribution is 0.100. The molecule has 3 aromatic rings. The van der Waals surface area contributed by atoms with E-state index in [1.807, 2.05) is 19.1 Å². The molecule has 1 aliphatic heterocycles. The van der Waals surface area contributed by atoms with Gasteiger partial charge in [-0.3, -0.25) is 9.69 Å². The number of nitrogens with two attached hydrogens (primary N) is 1. The van der Waals surface area contributed by atoms with Crippen LogP contribution in [0.5, 0.6) is 5.88 Å². The third-order valence-electron chi connectivity index (χ3n) is 4.92. The number of ether oxygens (including phenoxy) is 1. The van der Waals surface area contributed by atoms with Gasteiger partial charge >= 0.3 is 0 Å². The highest BCUT2D eigenvalue weighted by Crippen LogP contribution is 2.25. The number of aromatic nitrogens is 3. The number of rotatable bonds is 7. The Labute approximate surface area is 179 Å². The number of hydrogen-bond donors (Lipinski definition) is 1. The molecular weight excluding hydrogens is 400 g/mol. The van der Waals surface area contributed by atoms with Gasteiger partial charge in [0.15, 0.2) is 0 Å². The van der Waals surface area contributed by atoms with Crippen molar-refractivity contribution in [2.24, 2.45) is 5.73 Å². The summed E-state index contributed by atoms with van der Waals surface area (Å²) >= 11 is 1.61. The first-order valence-electron chi connectivity index (χ1n) is 9.90. The monoisotopic (exact) mass is 424 g/mol. The zero-order chi connectivity index (χ0) is 20.9. The molecule has 2 aromatic heterocycles. The molecule has 0 unspecified atom stereocenters. The fourth-order valence-corrected chi connectivity index (χ4v) is 4.15. The molecular formula is C21H24N6O2S. The van der Waals surface area contributed by atoms with Crippen LogP contribution in [0.4, 0.5) is 5.95 Å². The second kappa shape index (κ2) is 9.19. The number of carbonyl (C=O) groups is 1. The van der Waals surface area contributed by atoms with E-state index in [0.29, 0.717) is 18.1 Å². The average Bonchev–Trinajstić information content (AvgIpc) is 3.23. The van der Waals surface area contributed by atoms with Crippen LogP contribution in [0.3, 0.4) is 0 Å². The average molecular weight is 425 g/mol. The molecule has 0 radical (unpaired) electrons. The Kier molecular flexibility index (Phi) is 6.20. The van der Waals surface area contributed by atoms with Crippen molar-refractivity contribution >= 4 is 23.2 Å². The molecule has 0 spiro atoms. The van der Waals surface area contributed by atoms with Crippen molar-refractivity contribution in [2.45, 2.75) is 13.5 Å². The standard InChI is InChI=1S/C21H24N6O2S/c1-2-29-18-7-8-23-21(25-18)27-11-9-26(10-12-27)13-17-14-30-20(24-17)16-5-3-15(4-6-16)19(22)28/h3-8,14H,2,9-13H2,1H3,(H2,22,28). The molecule has 0 atom stereocenters.